The summed E-state index contributed by atoms with van der Waals surface area (Å²) in [6.45, 7) is 17.4. The average Bonchev–Trinajstić information content (AvgIpc) is 3.59. The van der Waals surface area contributed by atoms with Crippen molar-refractivity contribution in [2.75, 3.05) is 0 Å². The number of hydrogen-bond donors (Lipinski definition) is 0. The van der Waals surface area contributed by atoms with Crippen molar-refractivity contribution < 1.29 is 20.8 Å². The summed E-state index contributed by atoms with van der Waals surface area (Å²) in [5.41, 5.74) is 12.0. The summed E-state index contributed by atoms with van der Waals surface area (Å²) in [5.74, 6) is 0.581. The van der Waals surface area contributed by atoms with Crippen LogP contribution in [0.5, 0.6) is 0 Å². The maximum atomic E-state index is 4.93. The molecular formula is C39H42Cl2SiZr. The fraction of sp³-hybridized carbons (Fsp3) is 0.231. The van der Waals surface area contributed by atoms with E-state index >= 15 is 0 Å². The molecule has 0 fully saturated rings. The molecule has 6 aromatic rings. The van der Waals surface area contributed by atoms with Crippen molar-refractivity contribution in [3.05, 3.63) is 131 Å². The van der Waals surface area contributed by atoms with Crippen molar-refractivity contribution in [2.45, 2.75) is 60.6 Å². The normalized spacial score (nSPS) is 10.3. The van der Waals surface area contributed by atoms with Gasteiger partial charge < -0.3 is 0 Å². The van der Waals surface area contributed by atoms with E-state index in [9.17, 15) is 0 Å². The molecule has 0 aromatic heterocycles. The fourth-order valence-electron chi connectivity index (χ4n) is 5.31. The molecule has 43 heavy (non-hydrogen) atoms. The predicted molar refractivity (Wildman–Crippen MR) is 192 cm³/mol. The fourth-order valence-corrected chi connectivity index (χ4v) is 5.31. The molecule has 4 heteroatoms. The molecular weight excluding hydrogens is 659 g/mol. The Morgan fingerprint density at radius 3 is 1.72 bits per heavy atom. The van der Waals surface area contributed by atoms with Gasteiger partial charge in [-0.15, -0.1) is 68.6 Å². The van der Waals surface area contributed by atoms with Gasteiger partial charge in [-0.3, -0.25) is 0 Å². The number of hydrogen-bond acceptors (Lipinski definition) is 0. The minimum absolute atomic E-state index is 0.581. The molecule has 0 saturated carbocycles. The van der Waals surface area contributed by atoms with E-state index in [2.05, 4.69) is 158 Å². The third-order valence-corrected chi connectivity index (χ3v) is 7.35. The Bertz CT molecular complexity index is 1740. The predicted octanol–water partition coefficient (Wildman–Crippen LogP) is 13.0. The van der Waals surface area contributed by atoms with Gasteiger partial charge in [0.1, 0.15) is 0 Å². The van der Waals surface area contributed by atoms with Crippen LogP contribution in [0.3, 0.4) is 0 Å². The maximum absolute atomic E-state index is 4.93. The summed E-state index contributed by atoms with van der Waals surface area (Å²) in [6, 6.07) is 37.8. The Hall–Kier alpha value is -2.22. The average molecular weight is 701 g/mol. The van der Waals surface area contributed by atoms with Crippen molar-refractivity contribution in [1.82, 2.24) is 0 Å². The van der Waals surface area contributed by atoms with Crippen LogP contribution in [0, 0.1) is 27.7 Å². The van der Waals surface area contributed by atoms with Gasteiger partial charge in [-0.1, -0.05) is 124 Å². The van der Waals surface area contributed by atoms with E-state index in [0.29, 0.717) is 5.92 Å². The van der Waals surface area contributed by atoms with Crippen molar-refractivity contribution in [2.24, 2.45) is 0 Å². The molecule has 0 amide bonds. The molecule has 0 spiro atoms. The topological polar surface area (TPSA) is 0 Å². The van der Waals surface area contributed by atoms with Gasteiger partial charge in [0.25, 0.3) is 0 Å². The Morgan fingerprint density at radius 1 is 0.651 bits per heavy atom. The van der Waals surface area contributed by atoms with Crippen LogP contribution in [0.4, 0.5) is 0 Å². The van der Waals surface area contributed by atoms with Crippen LogP contribution in [0.2, 0.25) is 13.1 Å². The zero-order valence-corrected chi connectivity index (χ0v) is 31.6. The minimum atomic E-state index is -0.826. The molecule has 0 heterocycles. The number of rotatable bonds is 3. The van der Waals surface area contributed by atoms with Crippen molar-refractivity contribution in [3.8, 4) is 22.3 Å². The van der Waals surface area contributed by atoms with Crippen LogP contribution < -0.4 is 0 Å². The van der Waals surface area contributed by atoms with Gasteiger partial charge in [0.05, 0.1) is 0 Å². The number of aryl methyl sites for hydroxylation is 4. The molecule has 0 bridgehead atoms. The molecule has 0 aliphatic carbocycles. The molecule has 0 unspecified atom stereocenters. The summed E-state index contributed by atoms with van der Waals surface area (Å²) < 4.78 is 0. The number of benzene rings is 4. The van der Waals surface area contributed by atoms with Crippen LogP contribution in [0.25, 0.3) is 43.8 Å². The Morgan fingerprint density at radius 2 is 1.19 bits per heavy atom. The van der Waals surface area contributed by atoms with E-state index in [4.69, 9.17) is 17.0 Å². The molecule has 0 aliphatic heterocycles. The molecule has 0 N–H and O–H groups in total. The van der Waals surface area contributed by atoms with E-state index in [1.54, 1.807) is 0 Å². The zero-order valence-electron chi connectivity index (χ0n) is 26.6. The SMILES string of the molecule is C[Si]C.Cc1cccc(-c2ccc(C)c3[cH-]c(C)cc23)c1.Cc1cccc(-c2cccc3[cH-]c(C(C)C)cc23)c1.[Cl][Zr+2][Cl]. The second-order valence-corrected chi connectivity index (χ2v) is 16.1. The van der Waals surface area contributed by atoms with E-state index in [1.165, 1.54) is 71.6 Å². The van der Waals surface area contributed by atoms with Crippen LogP contribution in [0.1, 0.15) is 47.6 Å². The third-order valence-electron chi connectivity index (χ3n) is 7.35. The van der Waals surface area contributed by atoms with E-state index in [-0.39, 0.29) is 0 Å². The summed E-state index contributed by atoms with van der Waals surface area (Å²) in [5, 5.41) is 5.48. The first-order chi connectivity index (χ1) is 20.6. The Kier molecular flexibility index (Phi) is 14.2. The molecule has 0 saturated heterocycles. The van der Waals surface area contributed by atoms with Crippen molar-refractivity contribution in [1.29, 1.82) is 0 Å². The van der Waals surface area contributed by atoms with E-state index < -0.39 is 20.8 Å². The third kappa shape index (κ3) is 9.63. The molecule has 0 atom stereocenters. The monoisotopic (exact) mass is 698 g/mol. The van der Waals surface area contributed by atoms with Gasteiger partial charge in [-0.25, -0.2) is 0 Å². The molecule has 0 nitrogen and oxygen atoms in total. The second-order valence-electron chi connectivity index (χ2n) is 11.4. The van der Waals surface area contributed by atoms with Gasteiger partial charge in [0, 0.05) is 9.52 Å². The first kappa shape index (κ1) is 35.3. The van der Waals surface area contributed by atoms with Gasteiger partial charge >= 0.3 is 37.9 Å². The summed E-state index contributed by atoms with van der Waals surface area (Å²) in [6.07, 6.45) is 0. The van der Waals surface area contributed by atoms with Crippen LogP contribution in [-0.2, 0) is 20.8 Å². The van der Waals surface area contributed by atoms with Crippen LogP contribution >= 0.6 is 17.0 Å². The summed E-state index contributed by atoms with van der Waals surface area (Å²) >= 11 is -0.826. The van der Waals surface area contributed by atoms with Crippen LogP contribution in [-0.4, -0.2) is 9.52 Å². The van der Waals surface area contributed by atoms with Gasteiger partial charge in [0.15, 0.2) is 0 Å². The number of halogens is 2. The van der Waals surface area contributed by atoms with Gasteiger partial charge in [0.2, 0.25) is 0 Å². The first-order valence-corrected chi connectivity index (χ1v) is 23.0. The van der Waals surface area contributed by atoms with Crippen molar-refractivity contribution in [3.63, 3.8) is 0 Å². The Balaban J connectivity index is 0.000000200. The van der Waals surface area contributed by atoms with E-state index in [1.807, 2.05) is 0 Å². The van der Waals surface area contributed by atoms with Crippen molar-refractivity contribution >= 4 is 48.1 Å². The second kappa shape index (κ2) is 17.3. The molecule has 6 aromatic carbocycles. The Labute approximate surface area is 280 Å². The first-order valence-electron chi connectivity index (χ1n) is 14.7. The molecule has 6 rings (SSSR count). The molecule has 0 aliphatic rings. The standard InChI is InChI=1S/C19H19.C18H17.C2H6Si.2ClH.Zr/c1-13(2)17-11-16-8-5-9-18(19(16)12-17)15-7-4-6-14(3)10-15;1-12-5-4-6-15(9-12)16-8-7-14(3)17-10-13(2)11-18(16)17;1-3-2;;;/h4-13H,1-3H3;4-11H,1-3H3;1-2H3;2*1H;/q2*-1;;;;+4/p-2. The summed E-state index contributed by atoms with van der Waals surface area (Å²) in [7, 11) is 11.0. The number of fused-ring (bicyclic) bond motifs is 2. The zero-order chi connectivity index (χ0) is 31.5. The molecule has 2 radical (unpaired) electrons. The summed E-state index contributed by atoms with van der Waals surface area (Å²) in [4.78, 5) is 0. The van der Waals surface area contributed by atoms with Gasteiger partial charge in [-0.2, -0.15) is 12.1 Å². The quantitative estimate of drug-likeness (QED) is 0.127. The van der Waals surface area contributed by atoms with Gasteiger partial charge in [-0.05, 0) is 30.9 Å². The van der Waals surface area contributed by atoms with Crippen LogP contribution in [0.15, 0.2) is 103 Å². The van der Waals surface area contributed by atoms with E-state index in [0.717, 1.165) is 9.52 Å². The molecule has 220 valence electrons.